The smallest absolute Gasteiger partial charge is 0.340 e. The van der Waals surface area contributed by atoms with Crippen molar-refractivity contribution in [3.63, 3.8) is 0 Å². The summed E-state index contributed by atoms with van der Waals surface area (Å²) in [7, 11) is 0. The van der Waals surface area contributed by atoms with E-state index in [4.69, 9.17) is 32.4 Å². The zero-order valence-corrected chi connectivity index (χ0v) is 28.4. The van der Waals surface area contributed by atoms with E-state index in [9.17, 15) is 4.79 Å². The molecule has 0 fully saturated rings. The van der Waals surface area contributed by atoms with Crippen LogP contribution in [0.15, 0.2) is 158 Å². The molecule has 2 aliphatic rings. The summed E-state index contributed by atoms with van der Waals surface area (Å²) in [5.74, 6) is 0.682. The van der Waals surface area contributed by atoms with E-state index in [0.29, 0.717) is 50.9 Å². The largest absolute Gasteiger partial charge is 0.456 e. The lowest BCUT2D eigenvalue weighted by Gasteiger charge is -2.38. The van der Waals surface area contributed by atoms with Gasteiger partial charge < -0.3 is 42.2 Å². The van der Waals surface area contributed by atoms with Gasteiger partial charge in [0, 0.05) is 85.7 Å². The number of ether oxygens (including phenoxy) is 2. The van der Waals surface area contributed by atoms with Gasteiger partial charge in [-0.05, 0) is 127 Å². The van der Waals surface area contributed by atoms with Crippen LogP contribution in [0.1, 0.15) is 27.0 Å². The quantitative estimate of drug-likeness (QED) is 0.0987. The average molecular weight is 695 g/mol. The lowest BCUT2D eigenvalue weighted by atomic mass is 9.77. The first-order valence-electron chi connectivity index (χ1n) is 17.1. The Hall–Kier alpha value is -7.39. The second-order valence-electron chi connectivity index (χ2n) is 13.1. The first kappa shape index (κ1) is 31.6. The molecule has 258 valence electrons. The lowest BCUT2D eigenvalue weighted by molar-refractivity contribution is 0.0224. The molecule has 53 heavy (non-hydrogen) atoms. The zero-order valence-electron chi connectivity index (χ0n) is 28.4. The Morgan fingerprint density at radius 2 is 0.774 bits per heavy atom. The van der Waals surface area contributed by atoms with Crippen LogP contribution in [0.2, 0.25) is 0 Å². The number of esters is 1. The molecule has 0 unspecified atom stereocenters. The molecule has 0 atom stereocenters. The molecule has 0 radical (unpaired) electrons. The Bertz CT molecular complexity index is 2280. The van der Waals surface area contributed by atoms with Crippen LogP contribution in [0.5, 0.6) is 11.5 Å². The van der Waals surface area contributed by atoms with Crippen LogP contribution in [0, 0.1) is 0 Å². The van der Waals surface area contributed by atoms with Crippen molar-refractivity contribution < 1.29 is 14.3 Å². The monoisotopic (exact) mass is 694 g/mol. The Balaban J connectivity index is 1.24. The van der Waals surface area contributed by atoms with E-state index in [1.807, 2.05) is 152 Å². The number of nitrogens with zero attached hydrogens (tertiary/aromatic N) is 2. The van der Waals surface area contributed by atoms with E-state index < -0.39 is 11.6 Å². The topological polar surface area (TPSA) is 146 Å². The summed E-state index contributed by atoms with van der Waals surface area (Å²) in [5, 5.41) is 0. The number of nitrogen functional groups attached to an aromatic ring is 4. The molecule has 9 rings (SSSR count). The predicted octanol–water partition coefficient (Wildman–Crippen LogP) is 9.52. The van der Waals surface area contributed by atoms with Gasteiger partial charge in [-0.3, -0.25) is 0 Å². The Morgan fingerprint density at radius 1 is 0.415 bits per heavy atom. The number of carbonyl (C=O) groups is 1. The number of hydrogen-bond acceptors (Lipinski definition) is 9. The van der Waals surface area contributed by atoms with E-state index in [2.05, 4.69) is 9.80 Å². The molecular weight excluding hydrogens is 661 g/mol. The average Bonchev–Trinajstić information content (AvgIpc) is 3.47. The van der Waals surface area contributed by atoms with Gasteiger partial charge in [0.15, 0.2) is 5.60 Å². The molecule has 7 aromatic carbocycles. The number of anilines is 10. The summed E-state index contributed by atoms with van der Waals surface area (Å²) in [6.45, 7) is 0. The fraction of sp³-hybridized carbons (Fsp3) is 0.0227. The Morgan fingerprint density at radius 3 is 1.17 bits per heavy atom. The van der Waals surface area contributed by atoms with Gasteiger partial charge in [-0.25, -0.2) is 4.79 Å². The molecule has 0 aliphatic carbocycles. The van der Waals surface area contributed by atoms with E-state index in [1.165, 1.54) is 0 Å². The molecule has 0 aromatic heterocycles. The van der Waals surface area contributed by atoms with Gasteiger partial charge in [-0.15, -0.1) is 0 Å². The van der Waals surface area contributed by atoms with Crippen molar-refractivity contribution in [1.29, 1.82) is 0 Å². The molecule has 0 saturated heterocycles. The molecule has 8 N–H and O–H groups in total. The minimum Gasteiger partial charge on any atom is -0.456 e. The van der Waals surface area contributed by atoms with E-state index >= 15 is 0 Å². The highest BCUT2D eigenvalue weighted by Crippen LogP contribution is 2.58. The van der Waals surface area contributed by atoms with Crippen molar-refractivity contribution in [3.05, 3.63) is 180 Å². The number of rotatable bonds is 6. The summed E-state index contributed by atoms with van der Waals surface area (Å²) in [4.78, 5) is 17.8. The maximum absolute atomic E-state index is 13.6. The van der Waals surface area contributed by atoms with Crippen molar-refractivity contribution >= 4 is 62.8 Å². The maximum atomic E-state index is 13.6. The van der Waals surface area contributed by atoms with Crippen LogP contribution in [-0.2, 0) is 10.3 Å². The molecule has 7 aromatic rings. The summed E-state index contributed by atoms with van der Waals surface area (Å²) in [6.07, 6.45) is 0. The summed E-state index contributed by atoms with van der Waals surface area (Å²) in [5.41, 5.74) is 33.6. The first-order valence-corrected chi connectivity index (χ1v) is 17.1. The van der Waals surface area contributed by atoms with E-state index in [1.54, 1.807) is 6.07 Å². The minimum absolute atomic E-state index is 0.400. The third kappa shape index (κ3) is 5.22. The zero-order chi connectivity index (χ0) is 36.3. The normalized spacial score (nSPS) is 13.3. The first-order chi connectivity index (χ1) is 25.8. The van der Waals surface area contributed by atoms with Crippen LogP contribution >= 0.6 is 0 Å². The van der Waals surface area contributed by atoms with E-state index in [-0.39, 0.29) is 0 Å². The molecule has 9 nitrogen and oxygen atoms in total. The summed E-state index contributed by atoms with van der Waals surface area (Å²) in [6, 6.07) is 50.1. The number of hydrogen-bond donors (Lipinski definition) is 4. The number of nitrogens with two attached hydrogens (primary N) is 4. The van der Waals surface area contributed by atoms with Crippen LogP contribution in [0.4, 0.5) is 56.9 Å². The van der Waals surface area contributed by atoms with E-state index in [0.717, 1.165) is 39.7 Å². The Labute approximate surface area is 306 Å². The van der Waals surface area contributed by atoms with Gasteiger partial charge >= 0.3 is 5.97 Å². The third-order valence-corrected chi connectivity index (χ3v) is 9.80. The SMILES string of the molecule is Nc1ccc(N(c2ccc(N)cc2)c2ccc3c(c2)Oc2cc(N(c4ccc(N)cc4)c4ccc(N)cc4)ccc2C32OC(=O)c3ccccc32)cc1. The van der Waals surface area contributed by atoms with Crippen LogP contribution in [0.3, 0.4) is 0 Å². The van der Waals surface area contributed by atoms with Gasteiger partial charge in [0.1, 0.15) is 11.5 Å². The van der Waals surface area contributed by atoms with Crippen molar-refractivity contribution in [2.24, 2.45) is 0 Å². The van der Waals surface area contributed by atoms with Crippen molar-refractivity contribution in [3.8, 4) is 11.5 Å². The number of fused-ring (bicyclic) bond motifs is 6. The highest BCUT2D eigenvalue weighted by Gasteiger charge is 2.53. The highest BCUT2D eigenvalue weighted by atomic mass is 16.6. The fourth-order valence-corrected chi connectivity index (χ4v) is 7.32. The second-order valence-corrected chi connectivity index (χ2v) is 13.1. The maximum Gasteiger partial charge on any atom is 0.340 e. The standard InChI is InChI=1S/C44H34N6O3/c45-27-5-13-31(14-6-27)49(32-15-7-28(46)8-16-32)35-21-23-39-41(25-35)52-42-26-36(22-24-40(42)44(39)38-4-2-1-3-37(38)43(51)53-44)50(33-17-9-29(47)10-18-33)34-19-11-30(48)12-20-34/h1-26H,45-48H2. The van der Waals surface area contributed by atoms with Gasteiger partial charge in [0.05, 0.1) is 5.56 Å². The highest BCUT2D eigenvalue weighted by molar-refractivity contribution is 5.97. The van der Waals surface area contributed by atoms with Crippen LogP contribution in [-0.4, -0.2) is 5.97 Å². The molecule has 9 heteroatoms. The van der Waals surface area contributed by atoms with Crippen molar-refractivity contribution in [1.82, 2.24) is 0 Å². The minimum atomic E-state index is -1.26. The number of benzene rings is 7. The van der Waals surface area contributed by atoms with Gasteiger partial charge in [0.25, 0.3) is 0 Å². The molecule has 1 spiro atoms. The lowest BCUT2D eigenvalue weighted by Crippen LogP contribution is -2.33. The molecular formula is C44H34N6O3. The van der Waals surface area contributed by atoms with Gasteiger partial charge in [0.2, 0.25) is 0 Å². The van der Waals surface area contributed by atoms with Crippen LogP contribution in [0.25, 0.3) is 0 Å². The predicted molar refractivity (Wildman–Crippen MR) is 212 cm³/mol. The molecule has 2 heterocycles. The summed E-state index contributed by atoms with van der Waals surface area (Å²) >= 11 is 0. The fourth-order valence-electron chi connectivity index (χ4n) is 7.32. The third-order valence-electron chi connectivity index (χ3n) is 9.80. The van der Waals surface area contributed by atoms with Gasteiger partial charge in [-0.2, -0.15) is 0 Å². The summed E-state index contributed by atoms with van der Waals surface area (Å²) < 4.78 is 13.4. The molecule has 2 aliphatic heterocycles. The molecule has 0 amide bonds. The molecule has 0 saturated carbocycles. The molecule has 0 bridgehead atoms. The van der Waals surface area contributed by atoms with Crippen molar-refractivity contribution in [2.45, 2.75) is 5.60 Å². The number of carbonyl (C=O) groups excluding carboxylic acids is 1. The second kappa shape index (κ2) is 12.1. The van der Waals surface area contributed by atoms with Crippen molar-refractivity contribution in [2.75, 3.05) is 32.7 Å². The van der Waals surface area contributed by atoms with Gasteiger partial charge in [-0.1, -0.05) is 18.2 Å². The Kier molecular flexibility index (Phi) is 7.23. The van der Waals surface area contributed by atoms with Crippen LogP contribution < -0.4 is 37.5 Å².